The first-order valence-electron chi connectivity index (χ1n) is 5.68. The van der Waals surface area contributed by atoms with Gasteiger partial charge in [-0.15, -0.1) is 0 Å². The Morgan fingerprint density at radius 1 is 1.57 bits per heavy atom. The van der Waals surface area contributed by atoms with Crippen molar-refractivity contribution >= 4 is 0 Å². The monoisotopic (exact) mass is 198 g/mol. The minimum absolute atomic E-state index is 0.0854. The minimum Gasteiger partial charge on any atom is -0.379 e. The fraction of sp³-hybridized carbons (Fsp3) is 1.00. The molecule has 2 N–H and O–H groups in total. The third-order valence-corrected chi connectivity index (χ3v) is 3.70. The SMILES string of the molecule is CC(C1CC1)N(C)CC1(N)CCOC1. The third kappa shape index (κ3) is 2.27. The molecule has 0 aromatic heterocycles. The lowest BCUT2D eigenvalue weighted by molar-refractivity contribution is 0.143. The lowest BCUT2D eigenvalue weighted by Gasteiger charge is -2.32. The quantitative estimate of drug-likeness (QED) is 0.727. The normalized spacial score (nSPS) is 35.1. The van der Waals surface area contributed by atoms with E-state index in [9.17, 15) is 0 Å². The molecule has 2 rings (SSSR count). The number of likely N-dealkylation sites (N-methyl/N-ethyl adjacent to an activating group) is 1. The van der Waals surface area contributed by atoms with E-state index in [4.69, 9.17) is 10.5 Å². The van der Waals surface area contributed by atoms with Crippen LogP contribution in [0.2, 0.25) is 0 Å². The topological polar surface area (TPSA) is 38.5 Å². The standard InChI is InChI=1S/C11H22N2O/c1-9(10-3-4-10)13(2)7-11(12)5-6-14-8-11/h9-10H,3-8,12H2,1-2H3. The number of hydrogen-bond donors (Lipinski definition) is 1. The molecule has 0 aromatic carbocycles. The van der Waals surface area contributed by atoms with Crippen LogP contribution < -0.4 is 5.73 Å². The highest BCUT2D eigenvalue weighted by atomic mass is 16.5. The Morgan fingerprint density at radius 2 is 2.29 bits per heavy atom. The maximum atomic E-state index is 6.25. The van der Waals surface area contributed by atoms with Crippen molar-refractivity contribution in [2.45, 2.75) is 37.8 Å². The van der Waals surface area contributed by atoms with Crippen molar-refractivity contribution in [2.75, 3.05) is 26.8 Å². The van der Waals surface area contributed by atoms with E-state index in [0.717, 1.165) is 32.1 Å². The summed E-state index contributed by atoms with van der Waals surface area (Å²) < 4.78 is 5.37. The van der Waals surface area contributed by atoms with Gasteiger partial charge in [0.1, 0.15) is 0 Å². The third-order valence-electron chi connectivity index (χ3n) is 3.70. The Bertz CT molecular complexity index is 197. The van der Waals surface area contributed by atoms with Gasteiger partial charge < -0.3 is 15.4 Å². The predicted molar refractivity (Wildman–Crippen MR) is 57.2 cm³/mol. The molecule has 2 unspecified atom stereocenters. The Hall–Kier alpha value is -0.120. The molecule has 14 heavy (non-hydrogen) atoms. The summed E-state index contributed by atoms with van der Waals surface area (Å²) >= 11 is 0. The summed E-state index contributed by atoms with van der Waals surface area (Å²) in [5.41, 5.74) is 6.17. The Labute approximate surface area is 86.6 Å². The fourth-order valence-corrected chi connectivity index (χ4v) is 2.33. The zero-order chi connectivity index (χ0) is 10.2. The minimum atomic E-state index is -0.0854. The Balaban J connectivity index is 1.82. The van der Waals surface area contributed by atoms with Gasteiger partial charge in [0.15, 0.2) is 0 Å². The zero-order valence-corrected chi connectivity index (χ0v) is 9.33. The van der Waals surface area contributed by atoms with Gasteiger partial charge in [0.25, 0.3) is 0 Å². The van der Waals surface area contributed by atoms with Gasteiger partial charge in [-0.2, -0.15) is 0 Å². The highest BCUT2D eigenvalue weighted by Gasteiger charge is 2.36. The van der Waals surface area contributed by atoms with Crippen molar-refractivity contribution < 1.29 is 4.74 Å². The molecule has 0 bridgehead atoms. The average Bonchev–Trinajstić information content (AvgIpc) is 2.89. The van der Waals surface area contributed by atoms with Crippen LogP contribution in [0.15, 0.2) is 0 Å². The molecule has 1 saturated heterocycles. The Kier molecular flexibility index (Phi) is 2.82. The van der Waals surface area contributed by atoms with E-state index in [1.165, 1.54) is 12.8 Å². The van der Waals surface area contributed by atoms with Gasteiger partial charge in [-0.05, 0) is 39.2 Å². The molecule has 1 heterocycles. The number of hydrogen-bond acceptors (Lipinski definition) is 3. The van der Waals surface area contributed by atoms with Gasteiger partial charge in [0.2, 0.25) is 0 Å². The molecule has 2 atom stereocenters. The Morgan fingerprint density at radius 3 is 2.79 bits per heavy atom. The molecule has 82 valence electrons. The van der Waals surface area contributed by atoms with E-state index >= 15 is 0 Å². The molecule has 1 saturated carbocycles. The highest BCUT2D eigenvalue weighted by Crippen LogP contribution is 2.35. The first kappa shape index (κ1) is 10.4. The zero-order valence-electron chi connectivity index (χ0n) is 9.33. The van der Waals surface area contributed by atoms with Crippen LogP contribution in [0.1, 0.15) is 26.2 Å². The largest absolute Gasteiger partial charge is 0.379 e. The number of ether oxygens (including phenoxy) is 1. The molecule has 1 aliphatic carbocycles. The van der Waals surface area contributed by atoms with E-state index in [2.05, 4.69) is 18.9 Å². The molecule has 0 radical (unpaired) electrons. The van der Waals surface area contributed by atoms with Gasteiger partial charge in [-0.25, -0.2) is 0 Å². The van der Waals surface area contributed by atoms with Crippen molar-refractivity contribution in [3.8, 4) is 0 Å². The summed E-state index contributed by atoms with van der Waals surface area (Å²) in [7, 11) is 2.19. The lowest BCUT2D eigenvalue weighted by Crippen LogP contribution is -2.52. The van der Waals surface area contributed by atoms with Crippen LogP contribution in [0.4, 0.5) is 0 Å². The van der Waals surface area contributed by atoms with Crippen LogP contribution in [-0.2, 0) is 4.74 Å². The molecular formula is C11H22N2O. The highest BCUT2D eigenvalue weighted by molar-refractivity contribution is 4.93. The van der Waals surface area contributed by atoms with Crippen molar-refractivity contribution in [2.24, 2.45) is 11.7 Å². The summed E-state index contributed by atoms with van der Waals surface area (Å²) in [6.45, 7) is 4.86. The number of nitrogens with zero attached hydrogens (tertiary/aromatic N) is 1. The molecule has 0 spiro atoms. The van der Waals surface area contributed by atoms with Crippen LogP contribution >= 0.6 is 0 Å². The van der Waals surface area contributed by atoms with Crippen LogP contribution in [-0.4, -0.2) is 43.3 Å². The summed E-state index contributed by atoms with van der Waals surface area (Å²) in [6, 6.07) is 0.691. The van der Waals surface area contributed by atoms with E-state index < -0.39 is 0 Å². The maximum absolute atomic E-state index is 6.25. The van der Waals surface area contributed by atoms with Gasteiger partial charge in [0, 0.05) is 19.2 Å². The molecule has 3 heteroatoms. The summed E-state index contributed by atoms with van der Waals surface area (Å²) in [5, 5.41) is 0. The molecule has 2 fully saturated rings. The summed E-state index contributed by atoms with van der Waals surface area (Å²) in [5.74, 6) is 0.922. The lowest BCUT2D eigenvalue weighted by atomic mass is 9.98. The van der Waals surface area contributed by atoms with E-state index in [1.807, 2.05) is 0 Å². The molecular weight excluding hydrogens is 176 g/mol. The van der Waals surface area contributed by atoms with Gasteiger partial charge >= 0.3 is 0 Å². The van der Waals surface area contributed by atoms with E-state index in [0.29, 0.717) is 6.04 Å². The van der Waals surface area contributed by atoms with Crippen molar-refractivity contribution in [1.82, 2.24) is 4.90 Å². The fourth-order valence-electron chi connectivity index (χ4n) is 2.33. The summed E-state index contributed by atoms with van der Waals surface area (Å²) in [4.78, 5) is 2.41. The molecule has 0 aromatic rings. The van der Waals surface area contributed by atoms with Crippen LogP contribution in [0.5, 0.6) is 0 Å². The molecule has 1 aliphatic heterocycles. The second kappa shape index (κ2) is 3.80. The number of nitrogens with two attached hydrogens (primary N) is 1. The number of rotatable bonds is 4. The van der Waals surface area contributed by atoms with Crippen LogP contribution in [0, 0.1) is 5.92 Å². The summed E-state index contributed by atoms with van der Waals surface area (Å²) in [6.07, 6.45) is 3.81. The van der Waals surface area contributed by atoms with Gasteiger partial charge in [0.05, 0.1) is 12.1 Å². The van der Waals surface area contributed by atoms with E-state index in [1.54, 1.807) is 0 Å². The molecule has 0 amide bonds. The average molecular weight is 198 g/mol. The second-order valence-corrected chi connectivity index (χ2v) is 5.16. The van der Waals surface area contributed by atoms with Crippen molar-refractivity contribution in [1.29, 1.82) is 0 Å². The first-order chi connectivity index (χ1) is 6.61. The van der Waals surface area contributed by atoms with Gasteiger partial charge in [-0.3, -0.25) is 0 Å². The molecule has 2 aliphatic rings. The smallest absolute Gasteiger partial charge is 0.0659 e. The van der Waals surface area contributed by atoms with Crippen LogP contribution in [0.3, 0.4) is 0 Å². The van der Waals surface area contributed by atoms with Crippen molar-refractivity contribution in [3.05, 3.63) is 0 Å². The van der Waals surface area contributed by atoms with Crippen molar-refractivity contribution in [3.63, 3.8) is 0 Å². The predicted octanol–water partition coefficient (Wildman–Crippen LogP) is 0.834. The van der Waals surface area contributed by atoms with E-state index in [-0.39, 0.29) is 5.54 Å². The van der Waals surface area contributed by atoms with Gasteiger partial charge in [-0.1, -0.05) is 0 Å². The second-order valence-electron chi connectivity index (χ2n) is 5.16. The maximum Gasteiger partial charge on any atom is 0.0659 e. The van der Waals surface area contributed by atoms with Crippen LogP contribution in [0.25, 0.3) is 0 Å². The molecule has 3 nitrogen and oxygen atoms in total. The first-order valence-corrected chi connectivity index (χ1v) is 5.68.